The van der Waals surface area contributed by atoms with E-state index >= 15 is 0 Å². The van der Waals surface area contributed by atoms with Gasteiger partial charge in [-0.2, -0.15) is 0 Å². The van der Waals surface area contributed by atoms with Crippen LogP contribution in [0.25, 0.3) is 11.0 Å². The second-order valence-corrected chi connectivity index (χ2v) is 5.54. The summed E-state index contributed by atoms with van der Waals surface area (Å²) >= 11 is 6.10. The van der Waals surface area contributed by atoms with E-state index in [1.54, 1.807) is 24.3 Å². The Balaban J connectivity index is 1.93. The van der Waals surface area contributed by atoms with Gasteiger partial charge in [0.25, 0.3) is 0 Å². The third kappa shape index (κ3) is 3.43. The minimum absolute atomic E-state index is 0.300. The molecule has 0 bridgehead atoms. The molecule has 2 aromatic carbocycles. The first-order valence-electron chi connectivity index (χ1n) is 7.01. The summed E-state index contributed by atoms with van der Waals surface area (Å²) < 4.78 is 10.3. The van der Waals surface area contributed by atoms with Crippen LogP contribution >= 0.6 is 11.6 Å². The van der Waals surface area contributed by atoms with E-state index in [2.05, 4.69) is 0 Å². The molecule has 0 radical (unpaired) electrons. The van der Waals surface area contributed by atoms with Gasteiger partial charge in [-0.1, -0.05) is 35.9 Å². The number of ether oxygens (including phenoxy) is 1. The van der Waals surface area contributed by atoms with E-state index in [0.29, 0.717) is 28.3 Å². The predicted octanol–water partition coefficient (Wildman–Crippen LogP) is 3.96. The number of benzene rings is 2. The van der Waals surface area contributed by atoms with Gasteiger partial charge in [0.15, 0.2) is 0 Å². The van der Waals surface area contributed by atoms with Crippen molar-refractivity contribution in [1.82, 2.24) is 0 Å². The zero-order chi connectivity index (χ0) is 16.4. The molecule has 0 spiro atoms. The third-order valence-corrected chi connectivity index (χ3v) is 3.65. The number of para-hydroxylation sites is 1. The van der Waals surface area contributed by atoms with Crippen molar-refractivity contribution >= 4 is 28.5 Å². The normalized spacial score (nSPS) is 10.7. The van der Waals surface area contributed by atoms with Gasteiger partial charge in [-0.25, -0.2) is 4.79 Å². The Labute approximate surface area is 137 Å². The molecule has 1 aromatic heterocycles. The molecule has 116 valence electrons. The lowest BCUT2D eigenvalue weighted by Crippen LogP contribution is -2.08. The fourth-order valence-electron chi connectivity index (χ4n) is 2.34. The molecule has 23 heavy (non-hydrogen) atoms. The second-order valence-electron chi connectivity index (χ2n) is 5.13. The van der Waals surface area contributed by atoms with E-state index in [1.165, 1.54) is 6.92 Å². The first-order chi connectivity index (χ1) is 11.0. The largest absolute Gasteiger partial charge is 0.425 e. The molecule has 0 atom stereocenters. The van der Waals surface area contributed by atoms with E-state index in [-0.39, 0.29) is 5.63 Å². The Morgan fingerprint density at radius 3 is 2.70 bits per heavy atom. The standard InChI is InChI=1S/C18H13ClO4/c1-11(20)22-17-7-6-12(9-15(17)19)8-14-10-13-4-2-3-5-16(13)23-18(14)21/h2-7,9-10H,8H2,1H3. The molecule has 0 aliphatic heterocycles. The summed E-state index contributed by atoms with van der Waals surface area (Å²) in [4.78, 5) is 23.0. The van der Waals surface area contributed by atoms with Gasteiger partial charge < -0.3 is 9.15 Å². The van der Waals surface area contributed by atoms with Gasteiger partial charge in [0, 0.05) is 24.3 Å². The van der Waals surface area contributed by atoms with Crippen LogP contribution in [0.15, 0.2) is 57.7 Å². The SMILES string of the molecule is CC(=O)Oc1ccc(Cc2cc3ccccc3oc2=O)cc1Cl. The van der Waals surface area contributed by atoms with Crippen molar-refractivity contribution in [2.24, 2.45) is 0 Å². The molecule has 0 amide bonds. The summed E-state index contributed by atoms with van der Waals surface area (Å²) in [7, 11) is 0. The van der Waals surface area contributed by atoms with E-state index in [4.69, 9.17) is 20.8 Å². The summed E-state index contributed by atoms with van der Waals surface area (Å²) in [6.07, 6.45) is 0.382. The van der Waals surface area contributed by atoms with E-state index < -0.39 is 5.97 Å². The van der Waals surface area contributed by atoms with Gasteiger partial charge in [0.1, 0.15) is 11.3 Å². The van der Waals surface area contributed by atoms with Crippen LogP contribution in [0, 0.1) is 0 Å². The van der Waals surface area contributed by atoms with Crippen molar-refractivity contribution in [2.75, 3.05) is 0 Å². The van der Waals surface area contributed by atoms with E-state index in [1.807, 2.05) is 24.3 Å². The van der Waals surface area contributed by atoms with Crippen LogP contribution in [-0.2, 0) is 11.2 Å². The molecule has 0 saturated heterocycles. The first-order valence-corrected chi connectivity index (χ1v) is 7.39. The minimum atomic E-state index is -0.435. The average Bonchev–Trinajstić information content (AvgIpc) is 2.50. The van der Waals surface area contributed by atoms with E-state index in [9.17, 15) is 9.59 Å². The molecule has 0 saturated carbocycles. The number of hydrogen-bond donors (Lipinski definition) is 0. The number of hydrogen-bond acceptors (Lipinski definition) is 4. The molecule has 0 aliphatic carbocycles. The quantitative estimate of drug-likeness (QED) is 0.415. The second kappa shape index (κ2) is 6.26. The summed E-state index contributed by atoms with van der Waals surface area (Å²) in [5.41, 5.74) is 1.56. The van der Waals surface area contributed by atoms with Crippen LogP contribution in [-0.4, -0.2) is 5.97 Å². The number of carbonyl (C=O) groups is 1. The van der Waals surface area contributed by atoms with Gasteiger partial charge in [-0.3, -0.25) is 4.79 Å². The molecule has 4 nitrogen and oxygen atoms in total. The van der Waals surface area contributed by atoms with Crippen LogP contribution in [0.5, 0.6) is 5.75 Å². The highest BCUT2D eigenvalue weighted by Gasteiger charge is 2.09. The maximum Gasteiger partial charge on any atom is 0.339 e. The molecule has 0 fully saturated rings. The third-order valence-electron chi connectivity index (χ3n) is 3.36. The Kier molecular flexibility index (Phi) is 4.17. The summed E-state index contributed by atoms with van der Waals surface area (Å²) in [6, 6.07) is 14.2. The molecule has 0 N–H and O–H groups in total. The average molecular weight is 329 g/mol. The van der Waals surface area contributed by atoms with Gasteiger partial charge in [-0.15, -0.1) is 0 Å². The van der Waals surface area contributed by atoms with Crippen molar-refractivity contribution in [3.05, 3.63) is 75.1 Å². The Hall–Kier alpha value is -2.59. The molecular formula is C18H13ClO4. The minimum Gasteiger partial charge on any atom is -0.425 e. The molecular weight excluding hydrogens is 316 g/mol. The summed E-state index contributed by atoms with van der Waals surface area (Å²) in [5, 5.41) is 1.19. The highest BCUT2D eigenvalue weighted by atomic mass is 35.5. The van der Waals surface area contributed by atoms with Crippen molar-refractivity contribution in [1.29, 1.82) is 0 Å². The maximum absolute atomic E-state index is 12.1. The molecule has 5 heteroatoms. The lowest BCUT2D eigenvalue weighted by Gasteiger charge is -2.07. The smallest absolute Gasteiger partial charge is 0.339 e. The number of fused-ring (bicyclic) bond motifs is 1. The zero-order valence-corrected chi connectivity index (χ0v) is 13.1. The van der Waals surface area contributed by atoms with Gasteiger partial charge in [-0.05, 0) is 29.8 Å². The number of rotatable bonds is 3. The van der Waals surface area contributed by atoms with Crippen molar-refractivity contribution in [3.8, 4) is 5.75 Å². The van der Waals surface area contributed by atoms with Crippen LogP contribution < -0.4 is 10.4 Å². The molecule has 1 heterocycles. The molecule has 0 aliphatic rings. The highest BCUT2D eigenvalue weighted by Crippen LogP contribution is 2.26. The fraction of sp³-hybridized carbons (Fsp3) is 0.111. The van der Waals surface area contributed by atoms with Crippen LogP contribution in [0.3, 0.4) is 0 Å². The van der Waals surface area contributed by atoms with Gasteiger partial charge >= 0.3 is 11.6 Å². The number of esters is 1. The highest BCUT2D eigenvalue weighted by molar-refractivity contribution is 6.32. The lowest BCUT2D eigenvalue weighted by molar-refractivity contribution is -0.131. The van der Waals surface area contributed by atoms with Crippen LogP contribution in [0.1, 0.15) is 18.1 Å². The van der Waals surface area contributed by atoms with Crippen LogP contribution in [0.4, 0.5) is 0 Å². The fourth-order valence-corrected chi connectivity index (χ4v) is 2.58. The Morgan fingerprint density at radius 2 is 1.96 bits per heavy atom. The van der Waals surface area contributed by atoms with Gasteiger partial charge in [0.2, 0.25) is 0 Å². The van der Waals surface area contributed by atoms with Crippen molar-refractivity contribution < 1.29 is 13.9 Å². The first kappa shape index (κ1) is 15.3. The molecule has 0 unspecified atom stereocenters. The topological polar surface area (TPSA) is 56.5 Å². The maximum atomic E-state index is 12.1. The number of carbonyl (C=O) groups excluding carboxylic acids is 1. The molecule has 3 aromatic rings. The van der Waals surface area contributed by atoms with Crippen molar-refractivity contribution in [3.63, 3.8) is 0 Å². The van der Waals surface area contributed by atoms with Crippen molar-refractivity contribution in [2.45, 2.75) is 13.3 Å². The lowest BCUT2D eigenvalue weighted by atomic mass is 10.1. The summed E-state index contributed by atoms with van der Waals surface area (Å²) in [6.45, 7) is 1.31. The zero-order valence-electron chi connectivity index (χ0n) is 12.3. The number of halogens is 1. The predicted molar refractivity (Wildman–Crippen MR) is 88.1 cm³/mol. The van der Waals surface area contributed by atoms with Gasteiger partial charge in [0.05, 0.1) is 5.02 Å². The molecule has 3 rings (SSSR count). The van der Waals surface area contributed by atoms with Crippen LogP contribution in [0.2, 0.25) is 5.02 Å². The Morgan fingerprint density at radius 1 is 1.17 bits per heavy atom. The monoisotopic (exact) mass is 328 g/mol. The van der Waals surface area contributed by atoms with E-state index in [0.717, 1.165) is 10.9 Å². The Bertz CT molecular complexity index is 943. The summed E-state index contributed by atoms with van der Waals surface area (Å²) in [5.74, 6) is -0.136.